The van der Waals surface area contributed by atoms with Crippen LogP contribution >= 0.6 is 0 Å². The minimum Gasteiger partial charge on any atom is -0.462 e. The lowest BCUT2D eigenvalue weighted by molar-refractivity contribution is 0.0525. The van der Waals surface area contributed by atoms with Crippen molar-refractivity contribution in [2.24, 2.45) is 0 Å². The zero-order valence-corrected chi connectivity index (χ0v) is 8.41. The monoisotopic (exact) mass is 230 g/mol. The quantitative estimate of drug-likeness (QED) is 0.558. The zero-order valence-electron chi connectivity index (χ0n) is 8.41. The van der Waals surface area contributed by atoms with Crippen LogP contribution in [0.4, 0.5) is 8.78 Å². The number of halogens is 2. The molecule has 1 aromatic carbocycles. The normalized spacial score (nSPS) is 10.1. The van der Waals surface area contributed by atoms with Gasteiger partial charge in [-0.1, -0.05) is 0 Å². The van der Waals surface area contributed by atoms with E-state index in [1.54, 1.807) is 6.92 Å². The van der Waals surface area contributed by atoms with Gasteiger partial charge in [-0.25, -0.2) is 13.6 Å². The molecule has 86 valence electrons. The molecule has 0 aliphatic rings. The van der Waals surface area contributed by atoms with Crippen LogP contribution in [0.2, 0.25) is 0 Å². The standard InChI is InChI=1S/C9H9BF2O4/c1-2-16-9(13)5-3-6(11)8(10(14)15)7(12)4-5/h3-4,14-15H,2H2,1H3. The van der Waals surface area contributed by atoms with Crippen LogP contribution in [0.1, 0.15) is 17.3 Å². The van der Waals surface area contributed by atoms with Gasteiger partial charge in [0, 0.05) is 0 Å². The Balaban J connectivity index is 3.14. The third-order valence-electron chi connectivity index (χ3n) is 1.85. The Labute approximate surface area is 90.6 Å². The molecule has 0 bridgehead atoms. The fraction of sp³-hybridized carbons (Fsp3) is 0.222. The van der Waals surface area contributed by atoms with Gasteiger partial charge in [0.2, 0.25) is 0 Å². The second-order valence-corrected chi connectivity index (χ2v) is 2.95. The summed E-state index contributed by atoms with van der Waals surface area (Å²) in [5, 5.41) is 17.4. The van der Waals surface area contributed by atoms with E-state index >= 15 is 0 Å². The topological polar surface area (TPSA) is 66.8 Å². The molecular weight excluding hydrogens is 221 g/mol. The molecule has 16 heavy (non-hydrogen) atoms. The molecule has 1 aromatic rings. The summed E-state index contributed by atoms with van der Waals surface area (Å²) in [5.41, 5.74) is -1.21. The Kier molecular flexibility index (Phi) is 3.97. The lowest BCUT2D eigenvalue weighted by Crippen LogP contribution is -2.36. The van der Waals surface area contributed by atoms with Crippen molar-refractivity contribution in [2.45, 2.75) is 6.92 Å². The van der Waals surface area contributed by atoms with Crippen molar-refractivity contribution in [1.82, 2.24) is 0 Å². The molecule has 0 radical (unpaired) electrons. The van der Waals surface area contributed by atoms with Crippen molar-refractivity contribution in [3.8, 4) is 0 Å². The van der Waals surface area contributed by atoms with Gasteiger partial charge in [-0.15, -0.1) is 0 Å². The molecule has 2 N–H and O–H groups in total. The van der Waals surface area contributed by atoms with Crippen molar-refractivity contribution in [3.63, 3.8) is 0 Å². The van der Waals surface area contributed by atoms with Crippen molar-refractivity contribution in [2.75, 3.05) is 6.61 Å². The number of benzene rings is 1. The fourth-order valence-electron chi connectivity index (χ4n) is 1.16. The molecule has 0 aliphatic heterocycles. The van der Waals surface area contributed by atoms with Gasteiger partial charge in [0.25, 0.3) is 0 Å². The van der Waals surface area contributed by atoms with Crippen LogP contribution in [0, 0.1) is 11.6 Å². The number of carbonyl (C=O) groups excluding carboxylic acids is 1. The minimum absolute atomic E-state index is 0.0758. The first-order valence-electron chi connectivity index (χ1n) is 4.49. The molecule has 1 rings (SSSR count). The zero-order chi connectivity index (χ0) is 12.3. The van der Waals surface area contributed by atoms with E-state index in [9.17, 15) is 13.6 Å². The van der Waals surface area contributed by atoms with Crippen LogP contribution in [0.15, 0.2) is 12.1 Å². The number of rotatable bonds is 3. The molecule has 0 saturated heterocycles. The smallest absolute Gasteiger partial charge is 0.462 e. The van der Waals surface area contributed by atoms with Gasteiger partial charge >= 0.3 is 13.1 Å². The molecule has 0 aliphatic carbocycles. The van der Waals surface area contributed by atoms with Crippen LogP contribution in [0.3, 0.4) is 0 Å². The Morgan fingerprint density at radius 3 is 2.25 bits per heavy atom. The van der Waals surface area contributed by atoms with E-state index in [4.69, 9.17) is 10.0 Å². The number of esters is 1. The first-order valence-corrected chi connectivity index (χ1v) is 4.49. The number of hydrogen-bond donors (Lipinski definition) is 2. The summed E-state index contributed by atoms with van der Waals surface area (Å²) in [5.74, 6) is -3.30. The molecule has 0 spiro atoms. The minimum atomic E-state index is -2.27. The summed E-state index contributed by atoms with van der Waals surface area (Å²) in [6.07, 6.45) is 0. The summed E-state index contributed by atoms with van der Waals surface area (Å²) >= 11 is 0. The predicted octanol–water partition coefficient (Wildman–Crippen LogP) is -0.179. The predicted molar refractivity (Wildman–Crippen MR) is 52.1 cm³/mol. The Hall–Kier alpha value is -1.47. The Morgan fingerprint density at radius 2 is 1.88 bits per heavy atom. The van der Waals surface area contributed by atoms with Crippen molar-refractivity contribution in [1.29, 1.82) is 0 Å². The molecule has 0 fully saturated rings. The average Bonchev–Trinajstić information content (AvgIpc) is 2.16. The number of carbonyl (C=O) groups is 1. The van der Waals surface area contributed by atoms with Gasteiger partial charge < -0.3 is 14.8 Å². The highest BCUT2D eigenvalue weighted by Gasteiger charge is 2.24. The lowest BCUT2D eigenvalue weighted by atomic mass is 9.79. The molecule has 4 nitrogen and oxygen atoms in total. The molecular formula is C9H9BF2O4. The summed E-state index contributed by atoms with van der Waals surface area (Å²) < 4.78 is 30.9. The van der Waals surface area contributed by atoms with Gasteiger partial charge in [-0.2, -0.15) is 0 Å². The van der Waals surface area contributed by atoms with E-state index < -0.39 is 30.2 Å². The van der Waals surface area contributed by atoms with Gasteiger partial charge in [0.1, 0.15) is 11.6 Å². The van der Waals surface area contributed by atoms with Crippen LogP contribution in [-0.4, -0.2) is 29.7 Å². The van der Waals surface area contributed by atoms with Crippen molar-refractivity contribution >= 4 is 18.6 Å². The van der Waals surface area contributed by atoms with E-state index in [-0.39, 0.29) is 12.2 Å². The highest BCUT2D eigenvalue weighted by Crippen LogP contribution is 2.08. The molecule has 0 heterocycles. The molecule has 0 atom stereocenters. The maximum atomic E-state index is 13.2. The van der Waals surface area contributed by atoms with Crippen LogP contribution in [-0.2, 0) is 4.74 Å². The molecule has 7 heteroatoms. The average molecular weight is 230 g/mol. The van der Waals surface area contributed by atoms with Crippen molar-refractivity contribution < 1.29 is 28.4 Å². The fourth-order valence-corrected chi connectivity index (χ4v) is 1.16. The van der Waals surface area contributed by atoms with Gasteiger partial charge in [0.05, 0.1) is 17.6 Å². The van der Waals surface area contributed by atoms with Crippen molar-refractivity contribution in [3.05, 3.63) is 29.3 Å². The third-order valence-corrected chi connectivity index (χ3v) is 1.85. The van der Waals surface area contributed by atoms with E-state index in [1.807, 2.05) is 0 Å². The highest BCUT2D eigenvalue weighted by molar-refractivity contribution is 6.58. The van der Waals surface area contributed by atoms with E-state index in [1.165, 1.54) is 0 Å². The van der Waals surface area contributed by atoms with Gasteiger partial charge in [-0.05, 0) is 19.1 Å². The number of ether oxygens (including phenoxy) is 1. The summed E-state index contributed by atoms with van der Waals surface area (Å²) in [7, 11) is -2.27. The van der Waals surface area contributed by atoms with E-state index in [0.717, 1.165) is 0 Å². The molecule has 0 unspecified atom stereocenters. The van der Waals surface area contributed by atoms with Crippen LogP contribution in [0.25, 0.3) is 0 Å². The lowest BCUT2D eigenvalue weighted by Gasteiger charge is -2.06. The van der Waals surface area contributed by atoms with Gasteiger partial charge in [-0.3, -0.25) is 0 Å². The number of hydrogen-bond acceptors (Lipinski definition) is 4. The highest BCUT2D eigenvalue weighted by atomic mass is 19.1. The SMILES string of the molecule is CCOC(=O)c1cc(F)c(B(O)O)c(F)c1. The Bertz CT molecular complexity index is 385. The summed E-state index contributed by atoms with van der Waals surface area (Å²) in [6.45, 7) is 1.63. The summed E-state index contributed by atoms with van der Waals surface area (Å²) in [6, 6.07) is 1.38. The first kappa shape index (κ1) is 12.6. The maximum absolute atomic E-state index is 13.2. The molecule has 0 amide bonds. The van der Waals surface area contributed by atoms with E-state index in [0.29, 0.717) is 12.1 Å². The Morgan fingerprint density at radius 1 is 1.38 bits per heavy atom. The largest absolute Gasteiger partial charge is 0.494 e. The molecule has 0 saturated carbocycles. The first-order chi connectivity index (χ1) is 7.47. The third kappa shape index (κ3) is 2.56. The maximum Gasteiger partial charge on any atom is 0.494 e. The second kappa shape index (κ2) is 5.04. The molecule has 0 aromatic heterocycles. The summed E-state index contributed by atoms with van der Waals surface area (Å²) in [4.78, 5) is 11.1. The van der Waals surface area contributed by atoms with Crippen LogP contribution in [0.5, 0.6) is 0 Å². The van der Waals surface area contributed by atoms with Gasteiger partial charge in [0.15, 0.2) is 0 Å². The van der Waals surface area contributed by atoms with Crippen LogP contribution < -0.4 is 5.46 Å². The second-order valence-electron chi connectivity index (χ2n) is 2.95. The van der Waals surface area contributed by atoms with E-state index in [2.05, 4.69) is 4.74 Å².